The quantitative estimate of drug-likeness (QED) is 0.623. The fourth-order valence-electron chi connectivity index (χ4n) is 1.83. The molecule has 2 aromatic rings. The lowest BCUT2D eigenvalue weighted by atomic mass is 10.1. The van der Waals surface area contributed by atoms with Crippen molar-refractivity contribution < 1.29 is 4.74 Å². The standard InChI is InChI=1S/C13H18N4OS/c1-3-9-4-5-10(19-9)6-12(17-14)11-7-13(18-2)16-8-15-11/h4-5,7-8,12,17H,3,6,14H2,1-2H3. The minimum Gasteiger partial charge on any atom is -0.481 e. The van der Waals surface area contributed by atoms with E-state index in [1.54, 1.807) is 13.2 Å². The maximum atomic E-state index is 5.64. The Hall–Kier alpha value is -1.50. The number of aryl methyl sites for hydroxylation is 1. The zero-order valence-corrected chi connectivity index (χ0v) is 11.9. The van der Waals surface area contributed by atoms with Gasteiger partial charge in [0.2, 0.25) is 5.88 Å². The van der Waals surface area contributed by atoms with Crippen molar-refractivity contribution in [2.75, 3.05) is 7.11 Å². The molecule has 0 aliphatic heterocycles. The van der Waals surface area contributed by atoms with E-state index in [1.165, 1.54) is 16.1 Å². The van der Waals surface area contributed by atoms with Gasteiger partial charge in [-0.25, -0.2) is 9.97 Å². The third kappa shape index (κ3) is 3.50. The monoisotopic (exact) mass is 278 g/mol. The van der Waals surface area contributed by atoms with Gasteiger partial charge in [0.1, 0.15) is 6.33 Å². The summed E-state index contributed by atoms with van der Waals surface area (Å²) in [4.78, 5) is 10.9. The minimum atomic E-state index is -0.0414. The van der Waals surface area contributed by atoms with Crippen LogP contribution in [0.5, 0.6) is 5.88 Å². The van der Waals surface area contributed by atoms with Crippen molar-refractivity contribution in [1.29, 1.82) is 0 Å². The SMILES string of the molecule is CCc1ccc(CC(NN)c2cc(OC)ncn2)s1. The highest BCUT2D eigenvalue weighted by Gasteiger charge is 2.14. The average molecular weight is 278 g/mol. The topological polar surface area (TPSA) is 73.1 Å². The van der Waals surface area contributed by atoms with Crippen LogP contribution in [0.3, 0.4) is 0 Å². The van der Waals surface area contributed by atoms with Crippen molar-refractivity contribution in [1.82, 2.24) is 15.4 Å². The number of hydrogen-bond acceptors (Lipinski definition) is 6. The summed E-state index contributed by atoms with van der Waals surface area (Å²) in [6.45, 7) is 2.16. The molecule has 5 nitrogen and oxygen atoms in total. The summed E-state index contributed by atoms with van der Waals surface area (Å²) in [5, 5.41) is 0. The van der Waals surface area contributed by atoms with E-state index in [-0.39, 0.29) is 6.04 Å². The molecular formula is C13H18N4OS. The lowest BCUT2D eigenvalue weighted by molar-refractivity contribution is 0.394. The molecule has 19 heavy (non-hydrogen) atoms. The van der Waals surface area contributed by atoms with E-state index in [0.29, 0.717) is 5.88 Å². The van der Waals surface area contributed by atoms with Crippen molar-refractivity contribution in [3.63, 3.8) is 0 Å². The van der Waals surface area contributed by atoms with Gasteiger partial charge < -0.3 is 4.74 Å². The van der Waals surface area contributed by atoms with Crippen LogP contribution < -0.4 is 16.0 Å². The molecular weight excluding hydrogens is 260 g/mol. The minimum absolute atomic E-state index is 0.0414. The molecule has 0 fully saturated rings. The van der Waals surface area contributed by atoms with Crippen molar-refractivity contribution in [2.24, 2.45) is 5.84 Å². The summed E-state index contributed by atoms with van der Waals surface area (Å²) in [5.41, 5.74) is 3.64. The third-order valence-corrected chi connectivity index (χ3v) is 4.15. The summed E-state index contributed by atoms with van der Waals surface area (Å²) in [6.07, 6.45) is 3.36. The first kappa shape index (κ1) is 13.9. The van der Waals surface area contributed by atoms with Crippen molar-refractivity contribution in [2.45, 2.75) is 25.8 Å². The van der Waals surface area contributed by atoms with E-state index in [0.717, 1.165) is 18.5 Å². The van der Waals surface area contributed by atoms with Crippen LogP contribution in [0.15, 0.2) is 24.5 Å². The molecule has 0 amide bonds. The van der Waals surface area contributed by atoms with Crippen LogP contribution >= 0.6 is 11.3 Å². The number of thiophene rings is 1. The maximum Gasteiger partial charge on any atom is 0.216 e. The number of hydrazine groups is 1. The second-order valence-electron chi connectivity index (χ2n) is 4.13. The fourth-order valence-corrected chi connectivity index (χ4v) is 2.83. The van der Waals surface area contributed by atoms with Gasteiger partial charge in [0.15, 0.2) is 0 Å². The summed E-state index contributed by atoms with van der Waals surface area (Å²) in [6, 6.07) is 6.07. The summed E-state index contributed by atoms with van der Waals surface area (Å²) in [7, 11) is 1.59. The highest BCUT2D eigenvalue weighted by Crippen LogP contribution is 2.23. The Balaban J connectivity index is 2.14. The Bertz CT molecular complexity index is 529. The largest absolute Gasteiger partial charge is 0.481 e. The first-order valence-electron chi connectivity index (χ1n) is 6.16. The van der Waals surface area contributed by atoms with Crippen molar-refractivity contribution in [3.05, 3.63) is 40.0 Å². The van der Waals surface area contributed by atoms with Crippen LogP contribution in [0.25, 0.3) is 0 Å². The van der Waals surface area contributed by atoms with Gasteiger partial charge in [-0.1, -0.05) is 6.92 Å². The van der Waals surface area contributed by atoms with Crippen LogP contribution in [-0.4, -0.2) is 17.1 Å². The molecule has 0 saturated heterocycles. The molecule has 2 rings (SSSR count). The third-order valence-electron chi connectivity index (χ3n) is 2.90. The van der Waals surface area contributed by atoms with E-state index >= 15 is 0 Å². The van der Waals surface area contributed by atoms with Gasteiger partial charge in [-0.2, -0.15) is 0 Å². The summed E-state index contributed by atoms with van der Waals surface area (Å²) >= 11 is 1.81. The van der Waals surface area contributed by atoms with Gasteiger partial charge in [0.25, 0.3) is 0 Å². The van der Waals surface area contributed by atoms with Gasteiger partial charge in [-0.15, -0.1) is 11.3 Å². The van der Waals surface area contributed by atoms with Crippen LogP contribution in [0.1, 0.15) is 28.4 Å². The van der Waals surface area contributed by atoms with Crippen LogP contribution in [0.4, 0.5) is 0 Å². The van der Waals surface area contributed by atoms with E-state index in [9.17, 15) is 0 Å². The first-order chi connectivity index (χ1) is 9.26. The molecule has 1 unspecified atom stereocenters. The Morgan fingerprint density at radius 3 is 2.79 bits per heavy atom. The smallest absolute Gasteiger partial charge is 0.216 e. The molecule has 6 heteroatoms. The molecule has 0 spiro atoms. The average Bonchev–Trinajstić information content (AvgIpc) is 2.92. The normalized spacial score (nSPS) is 12.4. The van der Waals surface area contributed by atoms with Crippen LogP contribution in [-0.2, 0) is 12.8 Å². The summed E-state index contributed by atoms with van der Waals surface area (Å²) < 4.78 is 5.10. The van der Waals surface area contributed by atoms with E-state index < -0.39 is 0 Å². The van der Waals surface area contributed by atoms with Gasteiger partial charge in [-0.3, -0.25) is 11.3 Å². The Morgan fingerprint density at radius 1 is 1.37 bits per heavy atom. The first-order valence-corrected chi connectivity index (χ1v) is 6.98. The number of hydrogen-bond donors (Lipinski definition) is 2. The second kappa shape index (κ2) is 6.60. The van der Waals surface area contributed by atoms with Crippen LogP contribution in [0, 0.1) is 0 Å². The summed E-state index contributed by atoms with van der Waals surface area (Å²) in [5.74, 6) is 6.18. The number of nitrogens with zero attached hydrogens (tertiary/aromatic N) is 2. The molecule has 102 valence electrons. The zero-order valence-electron chi connectivity index (χ0n) is 11.1. The number of nitrogens with one attached hydrogen (secondary N) is 1. The molecule has 1 atom stereocenters. The van der Waals surface area contributed by atoms with E-state index in [1.807, 2.05) is 11.3 Å². The molecule has 2 heterocycles. The molecule has 0 aliphatic rings. The second-order valence-corrected chi connectivity index (χ2v) is 5.38. The Labute approximate surface area is 116 Å². The molecule has 0 saturated carbocycles. The maximum absolute atomic E-state index is 5.64. The predicted octanol–water partition coefficient (Wildman–Crippen LogP) is 1.86. The molecule has 3 N–H and O–H groups in total. The van der Waals surface area contributed by atoms with E-state index in [4.69, 9.17) is 10.6 Å². The number of nitrogens with two attached hydrogens (primary N) is 1. The van der Waals surface area contributed by atoms with Gasteiger partial charge in [0, 0.05) is 22.2 Å². The van der Waals surface area contributed by atoms with Crippen molar-refractivity contribution in [3.8, 4) is 5.88 Å². The van der Waals surface area contributed by atoms with Crippen molar-refractivity contribution >= 4 is 11.3 Å². The highest BCUT2D eigenvalue weighted by atomic mass is 32.1. The number of aromatic nitrogens is 2. The van der Waals surface area contributed by atoms with Gasteiger partial charge in [0.05, 0.1) is 18.8 Å². The number of rotatable bonds is 6. The van der Waals surface area contributed by atoms with Crippen LogP contribution in [0.2, 0.25) is 0 Å². The highest BCUT2D eigenvalue weighted by molar-refractivity contribution is 7.11. The Morgan fingerprint density at radius 2 is 2.16 bits per heavy atom. The fraction of sp³-hybridized carbons (Fsp3) is 0.385. The van der Waals surface area contributed by atoms with E-state index in [2.05, 4.69) is 34.5 Å². The molecule has 2 aromatic heterocycles. The predicted molar refractivity (Wildman–Crippen MR) is 76.0 cm³/mol. The Kier molecular flexibility index (Phi) is 4.84. The number of ether oxygens (including phenoxy) is 1. The molecule has 0 radical (unpaired) electrons. The van der Waals surface area contributed by atoms with Gasteiger partial charge in [-0.05, 0) is 18.6 Å². The van der Waals surface area contributed by atoms with Gasteiger partial charge >= 0.3 is 0 Å². The lowest BCUT2D eigenvalue weighted by Gasteiger charge is -2.14. The molecule has 0 aromatic carbocycles. The number of methoxy groups -OCH3 is 1. The molecule has 0 aliphatic carbocycles. The lowest BCUT2D eigenvalue weighted by Crippen LogP contribution is -2.30. The molecule has 0 bridgehead atoms. The zero-order chi connectivity index (χ0) is 13.7.